The van der Waals surface area contributed by atoms with Crippen LogP contribution >= 0.6 is 24.8 Å². The van der Waals surface area contributed by atoms with Crippen molar-refractivity contribution in [2.45, 2.75) is 38.0 Å². The molecule has 4 rings (SSSR count). The number of pyridine rings is 1. The largest absolute Gasteiger partial charge is 0.377 e. The second-order valence-electron chi connectivity index (χ2n) is 7.20. The van der Waals surface area contributed by atoms with Crippen LogP contribution in [0.1, 0.15) is 36.0 Å². The van der Waals surface area contributed by atoms with Gasteiger partial charge in [0.1, 0.15) is 18.1 Å². The zero-order chi connectivity index (χ0) is 19.5. The molecule has 2 N–H and O–H groups in total. The highest BCUT2D eigenvalue weighted by Gasteiger charge is 2.29. The molecule has 0 radical (unpaired) electrons. The van der Waals surface area contributed by atoms with Gasteiger partial charge in [-0.15, -0.1) is 24.8 Å². The SMILES string of the molecule is COCc1nc(C2CC(N)C2)cc(N(C)Cc2cc(-c3ccncc3)no2)n1.Cl.Cl. The molecular formula is C20H26Cl2N6O2. The summed E-state index contributed by atoms with van der Waals surface area (Å²) in [5.74, 6) is 2.66. The van der Waals surface area contributed by atoms with Crippen LogP contribution in [0.2, 0.25) is 0 Å². The Hall–Kier alpha value is -2.26. The maximum atomic E-state index is 5.95. The van der Waals surface area contributed by atoms with Crippen molar-refractivity contribution in [1.29, 1.82) is 0 Å². The normalized spacial score (nSPS) is 17.4. The van der Waals surface area contributed by atoms with Crippen LogP contribution in [0.4, 0.5) is 5.82 Å². The Labute approximate surface area is 188 Å². The van der Waals surface area contributed by atoms with E-state index in [9.17, 15) is 0 Å². The molecule has 0 unspecified atom stereocenters. The first kappa shape index (κ1) is 24.0. The molecule has 10 heteroatoms. The lowest BCUT2D eigenvalue weighted by atomic mass is 9.78. The molecule has 1 aliphatic carbocycles. The number of ether oxygens (including phenoxy) is 1. The molecule has 0 bridgehead atoms. The molecular weight excluding hydrogens is 427 g/mol. The number of anilines is 1. The zero-order valence-electron chi connectivity index (χ0n) is 16.9. The molecule has 0 aliphatic heterocycles. The van der Waals surface area contributed by atoms with Gasteiger partial charge in [0.15, 0.2) is 11.6 Å². The van der Waals surface area contributed by atoms with Crippen LogP contribution in [0.15, 0.2) is 41.2 Å². The van der Waals surface area contributed by atoms with Crippen molar-refractivity contribution in [2.75, 3.05) is 19.1 Å². The number of halogens is 2. The quantitative estimate of drug-likeness (QED) is 0.581. The molecule has 0 amide bonds. The van der Waals surface area contributed by atoms with Crippen molar-refractivity contribution < 1.29 is 9.26 Å². The van der Waals surface area contributed by atoms with E-state index in [0.717, 1.165) is 41.4 Å². The van der Waals surface area contributed by atoms with Crippen LogP contribution in [-0.4, -0.2) is 40.3 Å². The van der Waals surface area contributed by atoms with E-state index in [1.165, 1.54) is 0 Å². The van der Waals surface area contributed by atoms with Crippen molar-refractivity contribution in [3.05, 3.63) is 53.9 Å². The molecule has 1 fully saturated rings. The summed E-state index contributed by atoms with van der Waals surface area (Å²) in [6, 6.07) is 8.06. The van der Waals surface area contributed by atoms with Crippen molar-refractivity contribution in [3.63, 3.8) is 0 Å². The molecule has 8 nitrogen and oxygen atoms in total. The molecule has 3 aromatic rings. The highest BCUT2D eigenvalue weighted by molar-refractivity contribution is 5.85. The summed E-state index contributed by atoms with van der Waals surface area (Å²) in [6.07, 6.45) is 5.40. The minimum Gasteiger partial charge on any atom is -0.377 e. The van der Waals surface area contributed by atoms with Crippen molar-refractivity contribution in [2.24, 2.45) is 5.73 Å². The Balaban J connectivity index is 0.00000160. The molecule has 0 atom stereocenters. The van der Waals surface area contributed by atoms with Gasteiger partial charge in [-0.05, 0) is 25.0 Å². The fourth-order valence-corrected chi connectivity index (χ4v) is 3.37. The molecule has 1 saturated carbocycles. The minimum atomic E-state index is 0. The maximum absolute atomic E-state index is 5.95. The van der Waals surface area contributed by atoms with Gasteiger partial charge < -0.3 is 19.9 Å². The van der Waals surface area contributed by atoms with Crippen LogP contribution in [0.5, 0.6) is 0 Å². The summed E-state index contributed by atoms with van der Waals surface area (Å²) in [7, 11) is 3.62. The summed E-state index contributed by atoms with van der Waals surface area (Å²) in [4.78, 5) is 15.3. The van der Waals surface area contributed by atoms with Gasteiger partial charge in [-0.3, -0.25) is 4.98 Å². The highest BCUT2D eigenvalue weighted by Crippen LogP contribution is 2.35. The fraction of sp³-hybridized carbons (Fsp3) is 0.400. The molecule has 1 aliphatic rings. The Kier molecular flexibility index (Phi) is 8.54. The second kappa shape index (κ2) is 10.7. The van der Waals surface area contributed by atoms with E-state index in [2.05, 4.69) is 20.1 Å². The first-order chi connectivity index (χ1) is 13.6. The summed E-state index contributed by atoms with van der Waals surface area (Å²) in [6.45, 7) is 0.924. The number of nitrogens with zero attached hydrogens (tertiary/aromatic N) is 5. The minimum absolute atomic E-state index is 0. The van der Waals surface area contributed by atoms with Gasteiger partial charge in [-0.2, -0.15) is 0 Å². The number of rotatable bonds is 7. The number of methoxy groups -OCH3 is 1. The molecule has 0 spiro atoms. The predicted molar refractivity (Wildman–Crippen MR) is 119 cm³/mol. The Morgan fingerprint density at radius 2 is 1.90 bits per heavy atom. The summed E-state index contributed by atoms with van der Waals surface area (Å²) < 4.78 is 10.8. The number of aromatic nitrogens is 4. The van der Waals surface area contributed by atoms with Gasteiger partial charge in [0.25, 0.3) is 0 Å². The highest BCUT2D eigenvalue weighted by atomic mass is 35.5. The van der Waals surface area contributed by atoms with Crippen LogP contribution in [0, 0.1) is 0 Å². The lowest BCUT2D eigenvalue weighted by Gasteiger charge is -2.32. The average molecular weight is 453 g/mol. The van der Waals surface area contributed by atoms with Crippen molar-refractivity contribution in [1.82, 2.24) is 20.1 Å². The lowest BCUT2D eigenvalue weighted by molar-refractivity contribution is 0.177. The smallest absolute Gasteiger partial charge is 0.156 e. The second-order valence-corrected chi connectivity index (χ2v) is 7.20. The van der Waals surface area contributed by atoms with Gasteiger partial charge in [-0.1, -0.05) is 5.16 Å². The molecule has 3 aromatic heterocycles. The third-order valence-electron chi connectivity index (χ3n) is 4.96. The van der Waals surface area contributed by atoms with Crippen molar-refractivity contribution >= 4 is 30.6 Å². The Bertz CT molecular complexity index is 934. The van der Waals surface area contributed by atoms with Crippen LogP contribution < -0.4 is 10.6 Å². The maximum Gasteiger partial charge on any atom is 0.156 e. The monoisotopic (exact) mass is 452 g/mol. The van der Waals surface area contributed by atoms with Crippen LogP contribution in [-0.2, 0) is 17.9 Å². The third kappa shape index (κ3) is 5.46. The van der Waals surface area contributed by atoms with Gasteiger partial charge in [-0.25, -0.2) is 9.97 Å². The van der Waals surface area contributed by atoms with Gasteiger partial charge in [0.05, 0.1) is 6.54 Å². The van der Waals surface area contributed by atoms with E-state index in [1.54, 1.807) is 19.5 Å². The Morgan fingerprint density at radius 3 is 2.57 bits per heavy atom. The van der Waals surface area contributed by atoms with Gasteiger partial charge in [0, 0.05) is 61.9 Å². The average Bonchev–Trinajstić information content (AvgIpc) is 3.15. The third-order valence-corrected chi connectivity index (χ3v) is 4.96. The first-order valence-electron chi connectivity index (χ1n) is 9.32. The van der Waals surface area contributed by atoms with Gasteiger partial charge >= 0.3 is 0 Å². The standard InChI is InChI=1S/C20H24N6O2.2ClH/c1-26(11-16-9-18(25-28-16)13-3-5-22-6-4-13)20-10-17(14-7-15(21)8-14)23-19(24-20)12-27-2;;/h3-6,9-10,14-15H,7-8,11-12,21H2,1-2H3;2*1H. The van der Waals surface area contributed by atoms with Crippen molar-refractivity contribution in [3.8, 4) is 11.3 Å². The zero-order valence-corrected chi connectivity index (χ0v) is 18.5. The van der Waals surface area contributed by atoms with Crippen LogP contribution in [0.3, 0.4) is 0 Å². The summed E-state index contributed by atoms with van der Waals surface area (Å²) >= 11 is 0. The topological polar surface area (TPSA) is 103 Å². The first-order valence-corrected chi connectivity index (χ1v) is 9.32. The van der Waals surface area contributed by atoms with E-state index < -0.39 is 0 Å². The molecule has 0 saturated heterocycles. The predicted octanol–water partition coefficient (Wildman–Crippen LogP) is 3.36. The fourth-order valence-electron chi connectivity index (χ4n) is 3.37. The van der Waals surface area contributed by atoms with Crippen LogP contribution in [0.25, 0.3) is 11.3 Å². The molecule has 30 heavy (non-hydrogen) atoms. The van der Waals surface area contributed by atoms with E-state index in [-0.39, 0.29) is 30.9 Å². The Morgan fingerprint density at radius 1 is 1.17 bits per heavy atom. The molecule has 0 aromatic carbocycles. The summed E-state index contributed by atoms with van der Waals surface area (Å²) in [5.41, 5.74) is 8.74. The van der Waals surface area contributed by atoms with E-state index >= 15 is 0 Å². The lowest BCUT2D eigenvalue weighted by Crippen LogP contribution is -2.35. The number of hydrogen-bond acceptors (Lipinski definition) is 8. The molecule has 3 heterocycles. The summed E-state index contributed by atoms with van der Waals surface area (Å²) in [5, 5.41) is 4.16. The molecule has 162 valence electrons. The van der Waals surface area contributed by atoms with E-state index in [4.69, 9.17) is 15.0 Å². The van der Waals surface area contributed by atoms with E-state index in [1.807, 2.05) is 36.2 Å². The van der Waals surface area contributed by atoms with Gasteiger partial charge in [0.2, 0.25) is 0 Å². The number of hydrogen-bond donors (Lipinski definition) is 1. The number of nitrogens with two attached hydrogens (primary N) is 1. The van der Waals surface area contributed by atoms with E-state index in [0.29, 0.717) is 24.9 Å².